The molecule has 0 unspecified atom stereocenters. The Morgan fingerprint density at radius 2 is 2.25 bits per heavy atom. The van der Waals surface area contributed by atoms with E-state index in [1.165, 1.54) is 6.07 Å². The van der Waals surface area contributed by atoms with Gasteiger partial charge in [0, 0.05) is 6.42 Å². The molecule has 2 heteroatoms. The van der Waals surface area contributed by atoms with E-state index in [1.54, 1.807) is 6.07 Å². The minimum Gasteiger partial charge on any atom is -0.303 e. The highest BCUT2D eigenvalue weighted by Gasteiger charge is 2.03. The van der Waals surface area contributed by atoms with E-state index in [0.29, 0.717) is 18.4 Å². The molecule has 0 saturated heterocycles. The van der Waals surface area contributed by atoms with Crippen molar-refractivity contribution in [2.45, 2.75) is 19.8 Å². The van der Waals surface area contributed by atoms with E-state index >= 15 is 0 Å². The SMILES string of the molecule is Cc1cccc(F)c1CCC=O. The number of halogens is 1. The van der Waals surface area contributed by atoms with Crippen molar-refractivity contribution >= 4 is 6.29 Å². The number of carbonyl (C=O) groups excluding carboxylic acids is 1. The molecule has 0 radical (unpaired) electrons. The van der Waals surface area contributed by atoms with Crippen LogP contribution in [0.3, 0.4) is 0 Å². The van der Waals surface area contributed by atoms with Gasteiger partial charge >= 0.3 is 0 Å². The van der Waals surface area contributed by atoms with Crippen molar-refractivity contribution in [2.24, 2.45) is 0 Å². The van der Waals surface area contributed by atoms with Gasteiger partial charge in [-0.1, -0.05) is 12.1 Å². The number of hydrogen-bond donors (Lipinski definition) is 0. The lowest BCUT2D eigenvalue weighted by molar-refractivity contribution is -0.107. The first kappa shape index (κ1) is 8.91. The zero-order chi connectivity index (χ0) is 8.97. The second-order valence-corrected chi connectivity index (χ2v) is 2.74. The van der Waals surface area contributed by atoms with Crippen LogP contribution >= 0.6 is 0 Å². The Labute approximate surface area is 71.2 Å². The van der Waals surface area contributed by atoms with Gasteiger partial charge in [-0.3, -0.25) is 0 Å². The quantitative estimate of drug-likeness (QED) is 0.629. The number of aryl methyl sites for hydroxylation is 1. The smallest absolute Gasteiger partial charge is 0.126 e. The van der Waals surface area contributed by atoms with Crippen molar-refractivity contribution in [3.8, 4) is 0 Å². The molecule has 0 aromatic heterocycles. The minimum absolute atomic E-state index is 0.211. The summed E-state index contributed by atoms with van der Waals surface area (Å²) in [7, 11) is 0. The lowest BCUT2D eigenvalue weighted by atomic mass is 10.0. The molecule has 1 rings (SSSR count). The third-order valence-corrected chi connectivity index (χ3v) is 1.87. The molecule has 1 aromatic rings. The van der Waals surface area contributed by atoms with E-state index in [4.69, 9.17) is 0 Å². The topological polar surface area (TPSA) is 17.1 Å². The Balaban J connectivity index is 2.88. The van der Waals surface area contributed by atoms with E-state index in [2.05, 4.69) is 0 Å². The fourth-order valence-electron chi connectivity index (χ4n) is 1.19. The molecule has 64 valence electrons. The summed E-state index contributed by atoms with van der Waals surface area (Å²) in [5.74, 6) is -0.211. The maximum atomic E-state index is 13.1. The van der Waals surface area contributed by atoms with Crippen LogP contribution in [0.4, 0.5) is 4.39 Å². The fourth-order valence-corrected chi connectivity index (χ4v) is 1.19. The van der Waals surface area contributed by atoms with Gasteiger partial charge in [0.25, 0.3) is 0 Å². The summed E-state index contributed by atoms with van der Waals surface area (Å²) < 4.78 is 13.1. The molecular formula is C10H11FO. The molecule has 0 saturated carbocycles. The number of benzene rings is 1. The molecule has 1 nitrogen and oxygen atoms in total. The largest absolute Gasteiger partial charge is 0.303 e. The third kappa shape index (κ3) is 1.91. The number of hydrogen-bond acceptors (Lipinski definition) is 1. The van der Waals surface area contributed by atoms with Crippen LogP contribution in [0.5, 0.6) is 0 Å². The number of carbonyl (C=O) groups is 1. The summed E-state index contributed by atoms with van der Waals surface area (Å²) in [5, 5.41) is 0. The van der Waals surface area contributed by atoms with E-state index < -0.39 is 0 Å². The maximum Gasteiger partial charge on any atom is 0.126 e. The predicted molar refractivity (Wildman–Crippen MR) is 45.5 cm³/mol. The second-order valence-electron chi connectivity index (χ2n) is 2.74. The van der Waals surface area contributed by atoms with E-state index in [1.807, 2.05) is 13.0 Å². The van der Waals surface area contributed by atoms with E-state index in [0.717, 1.165) is 11.8 Å². The van der Waals surface area contributed by atoms with Crippen LogP contribution < -0.4 is 0 Å². The van der Waals surface area contributed by atoms with Gasteiger partial charge in [0.15, 0.2) is 0 Å². The molecule has 0 aliphatic carbocycles. The number of aldehydes is 1. The van der Waals surface area contributed by atoms with Crippen molar-refractivity contribution in [3.05, 3.63) is 35.1 Å². The van der Waals surface area contributed by atoms with Gasteiger partial charge in [0.05, 0.1) is 0 Å². The lowest BCUT2D eigenvalue weighted by Gasteiger charge is -2.03. The maximum absolute atomic E-state index is 13.1. The Morgan fingerprint density at radius 3 is 2.83 bits per heavy atom. The van der Waals surface area contributed by atoms with Crippen LogP contribution in [0.1, 0.15) is 17.5 Å². The highest BCUT2D eigenvalue weighted by molar-refractivity contribution is 5.50. The van der Waals surface area contributed by atoms with Crippen LogP contribution in [0.15, 0.2) is 18.2 Å². The van der Waals surface area contributed by atoms with Gasteiger partial charge in [0.2, 0.25) is 0 Å². The molecule has 0 heterocycles. The molecule has 0 atom stereocenters. The summed E-state index contributed by atoms with van der Waals surface area (Å²) >= 11 is 0. The molecule has 0 spiro atoms. The summed E-state index contributed by atoms with van der Waals surface area (Å²) in [6.07, 6.45) is 1.70. The van der Waals surface area contributed by atoms with Gasteiger partial charge in [-0.2, -0.15) is 0 Å². The Morgan fingerprint density at radius 1 is 1.50 bits per heavy atom. The standard InChI is InChI=1S/C10H11FO/c1-8-4-2-6-10(11)9(8)5-3-7-12/h2,4,6-7H,3,5H2,1H3. The summed E-state index contributed by atoms with van der Waals surface area (Å²) in [6.45, 7) is 1.85. The molecule has 0 fully saturated rings. The first-order valence-electron chi connectivity index (χ1n) is 3.93. The Hall–Kier alpha value is -1.18. The van der Waals surface area contributed by atoms with Crippen molar-refractivity contribution < 1.29 is 9.18 Å². The zero-order valence-corrected chi connectivity index (χ0v) is 7.01. The van der Waals surface area contributed by atoms with Gasteiger partial charge in [-0.25, -0.2) is 4.39 Å². The van der Waals surface area contributed by atoms with Crippen LogP contribution in [0.2, 0.25) is 0 Å². The summed E-state index contributed by atoms with van der Waals surface area (Å²) in [6, 6.07) is 4.95. The Bertz CT molecular complexity index is 261. The molecule has 0 bridgehead atoms. The van der Waals surface area contributed by atoms with Crippen molar-refractivity contribution in [2.75, 3.05) is 0 Å². The van der Waals surface area contributed by atoms with Crippen LogP contribution in [-0.4, -0.2) is 6.29 Å². The zero-order valence-electron chi connectivity index (χ0n) is 7.01. The summed E-state index contributed by atoms with van der Waals surface area (Å²) in [4.78, 5) is 10.1. The van der Waals surface area contributed by atoms with Crippen molar-refractivity contribution in [1.82, 2.24) is 0 Å². The van der Waals surface area contributed by atoms with Gasteiger partial charge < -0.3 is 4.79 Å². The molecule has 0 aliphatic heterocycles. The van der Waals surface area contributed by atoms with E-state index in [9.17, 15) is 9.18 Å². The first-order valence-corrected chi connectivity index (χ1v) is 3.93. The molecule has 0 N–H and O–H groups in total. The molecule has 12 heavy (non-hydrogen) atoms. The minimum atomic E-state index is -0.211. The summed E-state index contributed by atoms with van der Waals surface area (Å²) in [5.41, 5.74) is 1.57. The van der Waals surface area contributed by atoms with Crippen LogP contribution in [0, 0.1) is 12.7 Å². The average Bonchev–Trinajstić information content (AvgIpc) is 2.04. The normalized spacial score (nSPS) is 9.83. The van der Waals surface area contributed by atoms with Gasteiger partial charge in [-0.15, -0.1) is 0 Å². The van der Waals surface area contributed by atoms with Gasteiger partial charge in [0.1, 0.15) is 12.1 Å². The van der Waals surface area contributed by atoms with Gasteiger partial charge in [-0.05, 0) is 30.5 Å². The molecule has 0 amide bonds. The molecular weight excluding hydrogens is 155 g/mol. The highest BCUT2D eigenvalue weighted by Crippen LogP contribution is 2.13. The molecule has 1 aromatic carbocycles. The lowest BCUT2D eigenvalue weighted by Crippen LogP contribution is -1.94. The number of rotatable bonds is 3. The van der Waals surface area contributed by atoms with E-state index in [-0.39, 0.29) is 5.82 Å². The van der Waals surface area contributed by atoms with Crippen LogP contribution in [0.25, 0.3) is 0 Å². The average molecular weight is 166 g/mol. The van der Waals surface area contributed by atoms with Crippen molar-refractivity contribution in [1.29, 1.82) is 0 Å². The first-order chi connectivity index (χ1) is 5.75. The third-order valence-electron chi connectivity index (χ3n) is 1.87. The van der Waals surface area contributed by atoms with Crippen molar-refractivity contribution in [3.63, 3.8) is 0 Å². The second kappa shape index (κ2) is 4.00. The highest BCUT2D eigenvalue weighted by atomic mass is 19.1. The fraction of sp³-hybridized carbons (Fsp3) is 0.300. The molecule has 0 aliphatic rings. The Kier molecular flexibility index (Phi) is 2.97. The monoisotopic (exact) mass is 166 g/mol. The van der Waals surface area contributed by atoms with Crippen LogP contribution in [-0.2, 0) is 11.2 Å². The predicted octanol–water partition coefficient (Wildman–Crippen LogP) is 2.27.